The van der Waals surface area contributed by atoms with Crippen LogP contribution in [0.2, 0.25) is 0 Å². The summed E-state index contributed by atoms with van der Waals surface area (Å²) in [6.45, 7) is 2.29. The third-order valence-corrected chi connectivity index (χ3v) is 4.79. The molecule has 0 bridgehead atoms. The number of carbonyl (C=O) groups is 1. The molecular formula is C22H22N6O2. The number of para-hydroxylation sites is 2. The Bertz CT molecular complexity index is 1230. The second-order valence-electron chi connectivity index (χ2n) is 6.80. The highest BCUT2D eigenvalue weighted by molar-refractivity contribution is 5.80. The number of fused-ring (bicyclic) bond motifs is 1. The second-order valence-corrected chi connectivity index (χ2v) is 6.80. The Balaban J connectivity index is 1.39. The summed E-state index contributed by atoms with van der Waals surface area (Å²) in [5, 5.41) is 4.89. The van der Waals surface area contributed by atoms with E-state index in [-0.39, 0.29) is 17.9 Å². The van der Waals surface area contributed by atoms with Crippen molar-refractivity contribution in [2.45, 2.75) is 26.3 Å². The Kier molecular flexibility index (Phi) is 5.56. The molecule has 0 aliphatic heterocycles. The van der Waals surface area contributed by atoms with Gasteiger partial charge in [-0.25, -0.2) is 9.67 Å². The van der Waals surface area contributed by atoms with Gasteiger partial charge in [-0.15, -0.1) is 0 Å². The predicted molar refractivity (Wildman–Crippen MR) is 115 cm³/mol. The summed E-state index contributed by atoms with van der Waals surface area (Å²) < 4.78 is 3.27. The lowest BCUT2D eigenvalue weighted by atomic mass is 10.2. The van der Waals surface area contributed by atoms with Gasteiger partial charge < -0.3 is 0 Å². The van der Waals surface area contributed by atoms with E-state index in [0.29, 0.717) is 29.8 Å². The monoisotopic (exact) mass is 402 g/mol. The van der Waals surface area contributed by atoms with Gasteiger partial charge in [-0.2, -0.15) is 5.10 Å². The highest BCUT2D eigenvalue weighted by atomic mass is 16.2. The number of hydrazine groups is 1. The lowest BCUT2D eigenvalue weighted by Crippen LogP contribution is -2.34. The number of carbonyl (C=O) groups excluding carboxylic acids is 1. The Morgan fingerprint density at radius 1 is 1.07 bits per heavy atom. The molecule has 2 aromatic heterocycles. The van der Waals surface area contributed by atoms with Crippen molar-refractivity contribution in [1.29, 1.82) is 0 Å². The zero-order valence-electron chi connectivity index (χ0n) is 16.6. The minimum Gasteiger partial charge on any atom is -0.277 e. The van der Waals surface area contributed by atoms with Gasteiger partial charge >= 0.3 is 0 Å². The SMILES string of the molecule is CCn1c(NNC(=O)CCc2cnn(-c3ccccc3)c2)nc2ccccc2c1=O. The number of hydrogen-bond donors (Lipinski definition) is 2. The lowest BCUT2D eigenvalue weighted by molar-refractivity contribution is -0.120. The molecule has 4 rings (SSSR count). The summed E-state index contributed by atoms with van der Waals surface area (Å²) in [4.78, 5) is 29.4. The molecule has 4 aromatic rings. The van der Waals surface area contributed by atoms with Gasteiger partial charge in [0, 0.05) is 19.2 Å². The van der Waals surface area contributed by atoms with Crippen LogP contribution in [0.4, 0.5) is 5.95 Å². The van der Waals surface area contributed by atoms with Crippen molar-refractivity contribution < 1.29 is 4.79 Å². The van der Waals surface area contributed by atoms with Crippen molar-refractivity contribution in [2.24, 2.45) is 0 Å². The highest BCUT2D eigenvalue weighted by Gasteiger charge is 2.11. The van der Waals surface area contributed by atoms with Crippen LogP contribution in [-0.2, 0) is 17.8 Å². The smallest absolute Gasteiger partial charge is 0.262 e. The van der Waals surface area contributed by atoms with Gasteiger partial charge in [0.1, 0.15) is 0 Å². The summed E-state index contributed by atoms with van der Waals surface area (Å²) in [6, 6.07) is 16.9. The molecule has 30 heavy (non-hydrogen) atoms. The van der Waals surface area contributed by atoms with Crippen molar-refractivity contribution in [3.05, 3.63) is 82.9 Å². The average Bonchev–Trinajstić information content (AvgIpc) is 3.26. The van der Waals surface area contributed by atoms with E-state index >= 15 is 0 Å². The number of amides is 1. The Hall–Kier alpha value is -3.94. The van der Waals surface area contributed by atoms with Crippen molar-refractivity contribution >= 4 is 22.8 Å². The summed E-state index contributed by atoms with van der Waals surface area (Å²) >= 11 is 0. The van der Waals surface area contributed by atoms with Crippen molar-refractivity contribution in [3.63, 3.8) is 0 Å². The molecule has 0 radical (unpaired) electrons. The predicted octanol–water partition coefficient (Wildman–Crippen LogP) is 2.68. The van der Waals surface area contributed by atoms with Gasteiger partial charge in [0.2, 0.25) is 11.9 Å². The third kappa shape index (κ3) is 4.07. The van der Waals surface area contributed by atoms with Crippen LogP contribution in [-0.4, -0.2) is 25.2 Å². The van der Waals surface area contributed by atoms with E-state index in [4.69, 9.17) is 0 Å². The van der Waals surface area contributed by atoms with Gasteiger partial charge in [0.15, 0.2) is 0 Å². The third-order valence-electron chi connectivity index (χ3n) is 4.79. The number of aryl methyl sites for hydroxylation is 1. The maximum absolute atomic E-state index is 12.6. The average molecular weight is 402 g/mol. The fourth-order valence-electron chi connectivity index (χ4n) is 3.21. The fourth-order valence-corrected chi connectivity index (χ4v) is 3.21. The fraction of sp³-hybridized carbons (Fsp3) is 0.182. The zero-order valence-corrected chi connectivity index (χ0v) is 16.6. The van der Waals surface area contributed by atoms with Crippen LogP contribution in [0.15, 0.2) is 71.8 Å². The first-order valence-corrected chi connectivity index (χ1v) is 9.79. The first-order chi connectivity index (χ1) is 14.7. The van der Waals surface area contributed by atoms with Gasteiger partial charge in [-0.3, -0.25) is 25.0 Å². The van der Waals surface area contributed by atoms with Gasteiger partial charge in [-0.1, -0.05) is 30.3 Å². The topological polar surface area (TPSA) is 93.8 Å². The minimum absolute atomic E-state index is 0.145. The first-order valence-electron chi connectivity index (χ1n) is 9.79. The number of benzene rings is 2. The van der Waals surface area contributed by atoms with Crippen LogP contribution in [0, 0.1) is 0 Å². The molecule has 0 fully saturated rings. The van der Waals surface area contributed by atoms with Crippen LogP contribution in [0.5, 0.6) is 0 Å². The molecule has 8 heteroatoms. The summed E-state index contributed by atoms with van der Waals surface area (Å²) in [7, 11) is 0. The molecule has 0 atom stereocenters. The van der Waals surface area contributed by atoms with Gasteiger partial charge in [0.25, 0.3) is 5.56 Å². The van der Waals surface area contributed by atoms with Gasteiger partial charge in [0.05, 0.1) is 22.8 Å². The summed E-state index contributed by atoms with van der Waals surface area (Å²) in [5.41, 5.74) is 7.80. The molecule has 2 heterocycles. The van der Waals surface area contributed by atoms with E-state index in [9.17, 15) is 9.59 Å². The highest BCUT2D eigenvalue weighted by Crippen LogP contribution is 2.11. The molecule has 0 aliphatic carbocycles. The van der Waals surface area contributed by atoms with E-state index in [2.05, 4.69) is 20.9 Å². The van der Waals surface area contributed by atoms with E-state index in [0.717, 1.165) is 11.3 Å². The second kappa shape index (κ2) is 8.60. The molecule has 0 saturated carbocycles. The zero-order chi connectivity index (χ0) is 20.9. The molecule has 0 spiro atoms. The number of nitrogens with one attached hydrogen (secondary N) is 2. The molecule has 2 N–H and O–H groups in total. The number of aromatic nitrogens is 4. The Morgan fingerprint density at radius 3 is 2.63 bits per heavy atom. The maximum atomic E-state index is 12.6. The van der Waals surface area contributed by atoms with E-state index in [1.165, 1.54) is 4.57 Å². The van der Waals surface area contributed by atoms with E-state index in [1.54, 1.807) is 29.1 Å². The van der Waals surface area contributed by atoms with Crippen molar-refractivity contribution in [2.75, 3.05) is 5.43 Å². The van der Waals surface area contributed by atoms with Crippen LogP contribution >= 0.6 is 0 Å². The largest absolute Gasteiger partial charge is 0.277 e. The molecule has 0 saturated heterocycles. The van der Waals surface area contributed by atoms with Crippen LogP contribution < -0.4 is 16.4 Å². The van der Waals surface area contributed by atoms with Crippen LogP contribution in [0.1, 0.15) is 18.9 Å². The first kappa shape index (κ1) is 19.4. The molecule has 8 nitrogen and oxygen atoms in total. The van der Waals surface area contributed by atoms with Crippen LogP contribution in [0.25, 0.3) is 16.6 Å². The van der Waals surface area contributed by atoms with Crippen LogP contribution in [0.3, 0.4) is 0 Å². The van der Waals surface area contributed by atoms with E-state index in [1.807, 2.05) is 49.5 Å². The number of anilines is 1. The summed E-state index contributed by atoms with van der Waals surface area (Å²) in [6.07, 6.45) is 4.49. The standard InChI is InChI=1S/C22H22N6O2/c1-2-27-21(30)18-10-6-7-11-19(18)24-22(27)26-25-20(29)13-12-16-14-23-28(15-16)17-8-4-3-5-9-17/h3-11,14-15H,2,12-13H2,1H3,(H,24,26)(H,25,29). The van der Waals surface area contributed by atoms with Gasteiger partial charge in [-0.05, 0) is 43.2 Å². The van der Waals surface area contributed by atoms with Crippen molar-refractivity contribution in [1.82, 2.24) is 24.8 Å². The summed E-state index contributed by atoms with van der Waals surface area (Å²) in [5.74, 6) is 0.110. The number of rotatable bonds is 7. The molecule has 1 amide bonds. The molecular weight excluding hydrogens is 380 g/mol. The van der Waals surface area contributed by atoms with E-state index < -0.39 is 0 Å². The number of hydrogen-bond acceptors (Lipinski definition) is 5. The molecule has 0 unspecified atom stereocenters. The maximum Gasteiger partial charge on any atom is 0.262 e. The normalized spacial score (nSPS) is 10.8. The molecule has 2 aromatic carbocycles. The Morgan fingerprint density at radius 2 is 1.83 bits per heavy atom. The number of nitrogens with zero attached hydrogens (tertiary/aromatic N) is 4. The molecule has 152 valence electrons. The lowest BCUT2D eigenvalue weighted by Gasteiger charge is -2.13. The Labute approximate surface area is 173 Å². The van der Waals surface area contributed by atoms with Crippen molar-refractivity contribution in [3.8, 4) is 5.69 Å². The quantitative estimate of drug-likeness (QED) is 0.464. The minimum atomic E-state index is -0.201. The molecule has 0 aliphatic rings.